The zero-order chi connectivity index (χ0) is 14.3. The summed E-state index contributed by atoms with van der Waals surface area (Å²) in [5, 5.41) is 0. The molecule has 0 fully saturated rings. The number of rotatable bonds is 14. The van der Waals surface area contributed by atoms with E-state index in [2.05, 4.69) is 13.5 Å². The Morgan fingerprint density at radius 3 is 2.21 bits per heavy atom. The van der Waals surface area contributed by atoms with Crippen LogP contribution in [0.15, 0.2) is 12.7 Å². The second kappa shape index (κ2) is 14.0. The van der Waals surface area contributed by atoms with Crippen LogP contribution in [0.5, 0.6) is 0 Å². The minimum atomic E-state index is -0.294. The first-order valence-corrected chi connectivity index (χ1v) is 7.31. The molecular weight excluding hydrogens is 244 g/mol. The Morgan fingerprint density at radius 1 is 1.00 bits per heavy atom. The van der Waals surface area contributed by atoms with Crippen LogP contribution in [0.25, 0.3) is 0 Å². The van der Waals surface area contributed by atoms with Crippen molar-refractivity contribution in [2.24, 2.45) is 0 Å². The van der Waals surface area contributed by atoms with Gasteiger partial charge in [0, 0.05) is 19.8 Å². The quantitative estimate of drug-likeness (QED) is 0.277. The summed E-state index contributed by atoms with van der Waals surface area (Å²) in [4.78, 5) is 0. The molecule has 114 valence electrons. The highest BCUT2D eigenvalue weighted by Gasteiger charge is 2.13. The Hall–Kier alpha value is -0.420. The van der Waals surface area contributed by atoms with Crippen molar-refractivity contribution in [2.45, 2.75) is 52.4 Å². The highest BCUT2D eigenvalue weighted by Crippen LogP contribution is 2.05. The summed E-state index contributed by atoms with van der Waals surface area (Å²) in [6, 6.07) is 0. The lowest BCUT2D eigenvalue weighted by atomic mass is 10.2. The van der Waals surface area contributed by atoms with Crippen LogP contribution in [0.2, 0.25) is 0 Å². The largest absolute Gasteiger partial charge is 0.379 e. The maximum absolute atomic E-state index is 5.78. The van der Waals surface area contributed by atoms with Gasteiger partial charge in [-0.3, -0.25) is 0 Å². The van der Waals surface area contributed by atoms with Gasteiger partial charge in [0.15, 0.2) is 6.29 Å². The molecule has 0 radical (unpaired) electrons. The van der Waals surface area contributed by atoms with Crippen LogP contribution in [0.4, 0.5) is 0 Å². The van der Waals surface area contributed by atoms with E-state index in [0.29, 0.717) is 26.4 Å². The minimum absolute atomic E-state index is 0.0257. The summed E-state index contributed by atoms with van der Waals surface area (Å²) < 4.78 is 22.3. The smallest absolute Gasteiger partial charge is 0.180 e. The molecule has 0 aromatic rings. The van der Waals surface area contributed by atoms with Crippen molar-refractivity contribution in [3.63, 3.8) is 0 Å². The molecule has 4 heteroatoms. The van der Waals surface area contributed by atoms with E-state index in [-0.39, 0.29) is 12.4 Å². The zero-order valence-corrected chi connectivity index (χ0v) is 12.7. The van der Waals surface area contributed by atoms with Gasteiger partial charge >= 0.3 is 0 Å². The fourth-order valence-corrected chi connectivity index (χ4v) is 1.56. The van der Waals surface area contributed by atoms with Crippen molar-refractivity contribution in [2.75, 3.05) is 33.0 Å². The number of hydrogen-bond donors (Lipinski definition) is 0. The van der Waals surface area contributed by atoms with Crippen LogP contribution in [0.3, 0.4) is 0 Å². The van der Waals surface area contributed by atoms with Gasteiger partial charge in [-0.1, -0.05) is 19.4 Å². The van der Waals surface area contributed by atoms with Gasteiger partial charge in [0.2, 0.25) is 0 Å². The Kier molecular flexibility index (Phi) is 13.7. The van der Waals surface area contributed by atoms with Crippen molar-refractivity contribution < 1.29 is 18.9 Å². The predicted molar refractivity (Wildman–Crippen MR) is 77.3 cm³/mol. The number of hydrogen-bond acceptors (Lipinski definition) is 4. The lowest BCUT2D eigenvalue weighted by molar-refractivity contribution is -0.180. The second-order valence-electron chi connectivity index (χ2n) is 4.25. The van der Waals surface area contributed by atoms with E-state index in [1.165, 1.54) is 0 Å². The van der Waals surface area contributed by atoms with E-state index < -0.39 is 0 Å². The fraction of sp³-hybridized carbons (Fsp3) is 0.867. The summed E-state index contributed by atoms with van der Waals surface area (Å²) in [5.74, 6) is 0. The van der Waals surface area contributed by atoms with Gasteiger partial charge in [-0.2, -0.15) is 0 Å². The normalized spacial score (nSPS) is 12.8. The highest BCUT2D eigenvalue weighted by atomic mass is 16.7. The third-order valence-electron chi connectivity index (χ3n) is 2.55. The van der Waals surface area contributed by atoms with Crippen LogP contribution in [-0.2, 0) is 18.9 Å². The number of ether oxygens (including phenoxy) is 4. The van der Waals surface area contributed by atoms with Crippen LogP contribution < -0.4 is 0 Å². The molecule has 0 aliphatic carbocycles. The average Bonchev–Trinajstić information content (AvgIpc) is 2.41. The summed E-state index contributed by atoms with van der Waals surface area (Å²) in [7, 11) is 0. The summed E-state index contributed by atoms with van der Waals surface area (Å²) in [6.45, 7) is 12.8. The van der Waals surface area contributed by atoms with E-state index in [0.717, 1.165) is 25.9 Å². The monoisotopic (exact) mass is 274 g/mol. The van der Waals surface area contributed by atoms with Gasteiger partial charge in [-0.25, -0.2) is 0 Å². The molecule has 0 saturated heterocycles. The molecule has 0 amide bonds. The maximum Gasteiger partial charge on any atom is 0.180 e. The first kappa shape index (κ1) is 18.6. The van der Waals surface area contributed by atoms with Crippen molar-refractivity contribution in [1.82, 2.24) is 0 Å². The maximum atomic E-state index is 5.78. The molecule has 0 heterocycles. The molecule has 0 unspecified atom stereocenters. The Labute approximate surface area is 118 Å². The van der Waals surface area contributed by atoms with Crippen molar-refractivity contribution in [3.8, 4) is 0 Å². The van der Waals surface area contributed by atoms with Crippen molar-refractivity contribution in [1.29, 1.82) is 0 Å². The van der Waals surface area contributed by atoms with E-state index in [4.69, 9.17) is 18.9 Å². The molecule has 0 aliphatic heterocycles. The molecule has 0 aliphatic rings. The Balaban J connectivity index is 3.91. The van der Waals surface area contributed by atoms with E-state index in [1.54, 1.807) is 0 Å². The van der Waals surface area contributed by atoms with Gasteiger partial charge in [0.25, 0.3) is 0 Å². The third kappa shape index (κ3) is 11.1. The molecule has 1 atom stereocenters. The van der Waals surface area contributed by atoms with Crippen molar-refractivity contribution in [3.05, 3.63) is 12.7 Å². The average molecular weight is 274 g/mol. The SMILES string of the molecule is C=CC[C@H](COCCCC)OCC(OCC)OCC. The summed E-state index contributed by atoms with van der Waals surface area (Å²) in [5.41, 5.74) is 0. The molecule has 0 aromatic heterocycles. The van der Waals surface area contributed by atoms with Gasteiger partial charge in [0.05, 0.1) is 19.3 Å². The molecule has 0 saturated carbocycles. The third-order valence-corrected chi connectivity index (χ3v) is 2.55. The van der Waals surface area contributed by atoms with Gasteiger partial charge in [-0.15, -0.1) is 6.58 Å². The molecule has 0 spiro atoms. The molecule has 0 rings (SSSR count). The zero-order valence-electron chi connectivity index (χ0n) is 12.7. The molecule has 4 nitrogen and oxygen atoms in total. The first-order chi connectivity index (χ1) is 9.28. The Morgan fingerprint density at radius 2 is 1.68 bits per heavy atom. The lowest BCUT2D eigenvalue weighted by Gasteiger charge is -2.21. The van der Waals surface area contributed by atoms with Crippen LogP contribution in [0.1, 0.15) is 40.0 Å². The van der Waals surface area contributed by atoms with E-state index in [9.17, 15) is 0 Å². The predicted octanol–water partition coefficient (Wildman–Crippen LogP) is 3.16. The van der Waals surface area contributed by atoms with Gasteiger partial charge in [0.1, 0.15) is 0 Å². The van der Waals surface area contributed by atoms with Gasteiger partial charge in [-0.05, 0) is 26.7 Å². The summed E-state index contributed by atoms with van der Waals surface area (Å²) >= 11 is 0. The topological polar surface area (TPSA) is 36.9 Å². The highest BCUT2D eigenvalue weighted by molar-refractivity contribution is 4.73. The van der Waals surface area contributed by atoms with Crippen LogP contribution in [0, 0.1) is 0 Å². The van der Waals surface area contributed by atoms with E-state index in [1.807, 2.05) is 19.9 Å². The van der Waals surface area contributed by atoms with Gasteiger partial charge < -0.3 is 18.9 Å². The minimum Gasteiger partial charge on any atom is -0.379 e. The van der Waals surface area contributed by atoms with E-state index >= 15 is 0 Å². The molecular formula is C15H30O4. The van der Waals surface area contributed by atoms with Crippen molar-refractivity contribution >= 4 is 0 Å². The van der Waals surface area contributed by atoms with Crippen LogP contribution >= 0.6 is 0 Å². The molecule has 0 aromatic carbocycles. The fourth-order valence-electron chi connectivity index (χ4n) is 1.56. The standard InChI is InChI=1S/C15H30O4/c1-5-9-11-16-12-14(10-6-2)19-13-15(17-7-3)18-8-4/h6,14-15H,2,5,7-13H2,1,3-4H3/t14-/m1/s1. The molecule has 0 N–H and O–H groups in total. The summed E-state index contributed by atoms with van der Waals surface area (Å²) in [6.07, 6.45) is 4.59. The first-order valence-electron chi connectivity index (χ1n) is 7.31. The second-order valence-corrected chi connectivity index (χ2v) is 4.25. The Bertz CT molecular complexity index is 191. The molecule has 0 bridgehead atoms. The van der Waals surface area contributed by atoms with Crippen LogP contribution in [-0.4, -0.2) is 45.4 Å². The lowest BCUT2D eigenvalue weighted by Crippen LogP contribution is -2.29. The number of unbranched alkanes of at least 4 members (excludes halogenated alkanes) is 1. The molecule has 19 heavy (non-hydrogen) atoms.